The maximum Gasteiger partial charge on any atom is 0.287 e. The van der Waals surface area contributed by atoms with Gasteiger partial charge in [-0.25, -0.2) is 4.98 Å². The van der Waals surface area contributed by atoms with Crippen LogP contribution in [0.25, 0.3) is 32.6 Å². The highest BCUT2D eigenvalue weighted by Gasteiger charge is 2.23. The number of non-ortho nitro benzene ring substituents is 1. The number of nitrogens with zero attached hydrogens (tertiary/aromatic N) is 2. The lowest BCUT2D eigenvalue weighted by molar-refractivity contribution is -0.382. The number of anilines is 1. The van der Waals surface area contributed by atoms with Crippen LogP contribution in [0.4, 0.5) is 11.4 Å². The van der Waals surface area contributed by atoms with E-state index in [9.17, 15) is 14.9 Å². The van der Waals surface area contributed by atoms with Crippen LogP contribution in [0, 0.1) is 24.0 Å². The van der Waals surface area contributed by atoms with Gasteiger partial charge in [-0.2, -0.15) is 0 Å². The second-order valence-electron chi connectivity index (χ2n) is 7.63. The number of oxazole rings is 1. The Kier molecular flexibility index (Phi) is 5.11. The van der Waals surface area contributed by atoms with Gasteiger partial charge in [0.25, 0.3) is 11.6 Å². The molecule has 9 heteroatoms. The number of thiophene rings is 1. The summed E-state index contributed by atoms with van der Waals surface area (Å²) in [7, 11) is 0. The van der Waals surface area contributed by atoms with Gasteiger partial charge >= 0.3 is 0 Å². The zero-order valence-electron chi connectivity index (χ0n) is 17.5. The van der Waals surface area contributed by atoms with Crippen LogP contribution in [0.1, 0.15) is 20.8 Å². The molecule has 0 radical (unpaired) electrons. The molecule has 0 aliphatic rings. The average Bonchev–Trinajstić information content (AvgIpc) is 3.36. The van der Waals surface area contributed by atoms with Crippen LogP contribution in [-0.4, -0.2) is 15.8 Å². The number of carbonyl (C=O) groups is 1. The van der Waals surface area contributed by atoms with Crippen molar-refractivity contribution in [3.05, 3.63) is 85.7 Å². The van der Waals surface area contributed by atoms with E-state index in [-0.39, 0.29) is 15.6 Å². The first-order valence-corrected chi connectivity index (χ1v) is 11.2. The van der Waals surface area contributed by atoms with Crippen molar-refractivity contribution in [1.29, 1.82) is 0 Å². The third kappa shape index (κ3) is 3.73. The summed E-state index contributed by atoms with van der Waals surface area (Å²) in [6.07, 6.45) is 0. The molecule has 5 rings (SSSR count). The Morgan fingerprint density at radius 2 is 1.97 bits per heavy atom. The Bertz CT molecular complexity index is 1590. The molecule has 7 nitrogen and oxygen atoms in total. The van der Waals surface area contributed by atoms with Gasteiger partial charge in [-0.05, 0) is 49.2 Å². The largest absolute Gasteiger partial charge is 0.436 e. The van der Waals surface area contributed by atoms with Gasteiger partial charge < -0.3 is 9.73 Å². The molecule has 0 saturated carbocycles. The number of aromatic nitrogens is 1. The molecular weight excluding hydrogens is 462 g/mol. The zero-order valence-corrected chi connectivity index (χ0v) is 19.1. The Hall–Kier alpha value is -3.75. The van der Waals surface area contributed by atoms with Gasteiger partial charge in [-0.3, -0.25) is 14.9 Å². The number of rotatable bonds is 4. The molecule has 0 unspecified atom stereocenters. The number of nitro groups is 1. The van der Waals surface area contributed by atoms with Gasteiger partial charge in [0, 0.05) is 22.7 Å². The zero-order chi connectivity index (χ0) is 23.3. The van der Waals surface area contributed by atoms with Crippen LogP contribution in [-0.2, 0) is 0 Å². The van der Waals surface area contributed by atoms with Crippen molar-refractivity contribution in [2.24, 2.45) is 0 Å². The highest BCUT2D eigenvalue weighted by atomic mass is 35.5. The summed E-state index contributed by atoms with van der Waals surface area (Å²) in [5.41, 5.74) is 4.56. The summed E-state index contributed by atoms with van der Waals surface area (Å²) < 4.78 is 6.25. The first-order valence-electron chi connectivity index (χ1n) is 9.97. The number of fused-ring (bicyclic) bond motifs is 2. The quantitative estimate of drug-likeness (QED) is 0.219. The minimum Gasteiger partial charge on any atom is -0.436 e. The molecule has 2 aromatic heterocycles. The molecule has 5 aromatic rings. The molecular formula is C24H16ClN3O4S. The minimum absolute atomic E-state index is 0.0807. The fourth-order valence-electron chi connectivity index (χ4n) is 3.59. The normalized spacial score (nSPS) is 11.2. The predicted octanol–water partition coefficient (Wildman–Crippen LogP) is 7.14. The van der Waals surface area contributed by atoms with E-state index in [0.717, 1.165) is 28.0 Å². The monoisotopic (exact) mass is 477 g/mol. The van der Waals surface area contributed by atoms with E-state index in [2.05, 4.69) is 10.3 Å². The molecule has 0 aliphatic heterocycles. The number of hydrogen-bond donors (Lipinski definition) is 1. The Morgan fingerprint density at radius 1 is 1.15 bits per heavy atom. The standard InChI is InChI=1S/C24H16ClN3O4S/c1-12-6-9-19-17(10-12)27-24(32-19)14-8-7-13(2)16(11-14)26-23(29)22-20(25)15-4-3-5-18(28(30)31)21(15)33-22/h3-11H,1-2H3,(H,26,29). The van der Waals surface area contributed by atoms with E-state index in [0.29, 0.717) is 32.8 Å². The second kappa shape index (κ2) is 7.99. The average molecular weight is 478 g/mol. The molecule has 1 amide bonds. The number of aryl methyl sites for hydroxylation is 2. The maximum absolute atomic E-state index is 13.1. The van der Waals surface area contributed by atoms with E-state index < -0.39 is 10.8 Å². The SMILES string of the molecule is Cc1ccc2oc(-c3ccc(C)c(NC(=O)c4sc5c([N+](=O)[O-])cccc5c4Cl)c3)nc2c1. The second-order valence-corrected chi connectivity index (χ2v) is 9.03. The van der Waals surface area contributed by atoms with Crippen LogP contribution in [0.2, 0.25) is 5.02 Å². The lowest BCUT2D eigenvalue weighted by Crippen LogP contribution is -2.11. The maximum atomic E-state index is 13.1. The molecule has 1 N–H and O–H groups in total. The van der Waals surface area contributed by atoms with Crippen molar-refractivity contribution in [2.75, 3.05) is 5.32 Å². The van der Waals surface area contributed by atoms with E-state index in [1.165, 1.54) is 6.07 Å². The van der Waals surface area contributed by atoms with Crippen molar-refractivity contribution in [1.82, 2.24) is 4.98 Å². The van der Waals surface area contributed by atoms with Gasteiger partial charge in [-0.15, -0.1) is 11.3 Å². The Labute approximate surface area is 196 Å². The predicted molar refractivity (Wildman–Crippen MR) is 130 cm³/mol. The van der Waals surface area contributed by atoms with Crippen molar-refractivity contribution in [3.63, 3.8) is 0 Å². The number of nitro benzene ring substituents is 1. The summed E-state index contributed by atoms with van der Waals surface area (Å²) in [4.78, 5) is 28.7. The molecule has 0 spiro atoms. The van der Waals surface area contributed by atoms with Crippen molar-refractivity contribution < 1.29 is 14.1 Å². The first-order chi connectivity index (χ1) is 15.8. The molecule has 164 valence electrons. The fraction of sp³-hybridized carbons (Fsp3) is 0.0833. The molecule has 0 aliphatic carbocycles. The molecule has 0 fully saturated rings. The topological polar surface area (TPSA) is 98.3 Å². The van der Waals surface area contributed by atoms with Gasteiger partial charge in [0.1, 0.15) is 15.1 Å². The fourth-order valence-corrected chi connectivity index (χ4v) is 5.08. The van der Waals surface area contributed by atoms with E-state index in [1.54, 1.807) is 18.2 Å². The molecule has 3 aromatic carbocycles. The number of amides is 1. The third-order valence-corrected chi connectivity index (χ3v) is 7.04. The third-order valence-electron chi connectivity index (χ3n) is 5.31. The highest BCUT2D eigenvalue weighted by molar-refractivity contribution is 7.22. The van der Waals surface area contributed by atoms with Crippen LogP contribution in [0.15, 0.2) is 59.0 Å². The van der Waals surface area contributed by atoms with Crippen LogP contribution < -0.4 is 5.32 Å². The summed E-state index contributed by atoms with van der Waals surface area (Å²) in [6.45, 7) is 3.85. The van der Waals surface area contributed by atoms with E-state index in [4.69, 9.17) is 16.0 Å². The van der Waals surface area contributed by atoms with Gasteiger partial charge in [0.2, 0.25) is 5.89 Å². The highest BCUT2D eigenvalue weighted by Crippen LogP contribution is 2.40. The van der Waals surface area contributed by atoms with Gasteiger partial charge in [0.15, 0.2) is 5.58 Å². The van der Waals surface area contributed by atoms with Crippen molar-refractivity contribution in [3.8, 4) is 11.5 Å². The van der Waals surface area contributed by atoms with E-state index >= 15 is 0 Å². The number of nitrogens with one attached hydrogen (secondary N) is 1. The van der Waals surface area contributed by atoms with Crippen molar-refractivity contribution in [2.45, 2.75) is 13.8 Å². The lowest BCUT2D eigenvalue weighted by Gasteiger charge is -2.09. The Morgan fingerprint density at radius 3 is 2.76 bits per heavy atom. The van der Waals surface area contributed by atoms with Crippen molar-refractivity contribution >= 4 is 61.4 Å². The first kappa shape index (κ1) is 21.1. The smallest absolute Gasteiger partial charge is 0.287 e. The Balaban J connectivity index is 1.50. The summed E-state index contributed by atoms with van der Waals surface area (Å²) in [6, 6.07) is 15.9. The molecule has 0 saturated heterocycles. The summed E-state index contributed by atoms with van der Waals surface area (Å²) in [5, 5.41) is 14.9. The lowest BCUT2D eigenvalue weighted by atomic mass is 10.1. The summed E-state index contributed by atoms with van der Waals surface area (Å²) in [5.74, 6) is 0.00514. The molecule has 33 heavy (non-hydrogen) atoms. The molecule has 2 heterocycles. The van der Waals surface area contributed by atoms with Crippen LogP contribution in [0.5, 0.6) is 0 Å². The van der Waals surface area contributed by atoms with E-state index in [1.807, 2.05) is 44.2 Å². The van der Waals surface area contributed by atoms with Gasteiger partial charge in [-0.1, -0.05) is 35.9 Å². The van der Waals surface area contributed by atoms with Gasteiger partial charge in [0.05, 0.1) is 9.95 Å². The minimum atomic E-state index is -0.480. The number of hydrogen-bond acceptors (Lipinski definition) is 6. The number of benzene rings is 3. The number of carbonyl (C=O) groups excluding carboxylic acids is 1. The molecule has 0 atom stereocenters. The van der Waals surface area contributed by atoms with Crippen LogP contribution >= 0.6 is 22.9 Å². The van der Waals surface area contributed by atoms with Crippen LogP contribution in [0.3, 0.4) is 0 Å². The molecule has 0 bridgehead atoms. The number of halogens is 1. The summed E-state index contributed by atoms with van der Waals surface area (Å²) >= 11 is 7.42.